The third-order valence-electron chi connectivity index (χ3n) is 4.21. The van der Waals surface area contributed by atoms with Crippen molar-refractivity contribution in [2.75, 3.05) is 0 Å². The maximum Gasteiger partial charge on any atom is 0.490 e. The molecule has 3 aromatic rings. The first kappa shape index (κ1) is 19.7. The quantitative estimate of drug-likeness (QED) is 0.727. The number of halogens is 3. The van der Waals surface area contributed by atoms with Crippen LogP contribution in [0.25, 0.3) is 0 Å². The molecule has 0 amide bonds. The molecule has 4 heterocycles. The van der Waals surface area contributed by atoms with Crippen LogP contribution >= 0.6 is 0 Å². The molecule has 11 heteroatoms. The predicted octanol–water partition coefficient (Wildman–Crippen LogP) is 2.41. The van der Waals surface area contributed by atoms with E-state index in [1.807, 2.05) is 41.0 Å². The highest BCUT2D eigenvalue weighted by Crippen LogP contribution is 2.27. The minimum Gasteiger partial charge on any atom is -0.475 e. The Balaban J connectivity index is 0.000000279. The molecule has 1 aliphatic rings. The topological polar surface area (TPSA) is 89.3 Å². The first-order valence-electron chi connectivity index (χ1n) is 8.28. The maximum atomic E-state index is 10.6. The minimum absolute atomic E-state index is 0.732. The maximum absolute atomic E-state index is 10.6. The van der Waals surface area contributed by atoms with Gasteiger partial charge in [0.05, 0.1) is 30.5 Å². The van der Waals surface area contributed by atoms with E-state index in [0.717, 1.165) is 31.9 Å². The van der Waals surface area contributed by atoms with Gasteiger partial charge in [-0.1, -0.05) is 0 Å². The van der Waals surface area contributed by atoms with Crippen molar-refractivity contribution in [3.05, 3.63) is 59.6 Å². The number of furan rings is 1. The van der Waals surface area contributed by atoms with E-state index in [1.54, 1.807) is 12.5 Å². The van der Waals surface area contributed by atoms with E-state index in [2.05, 4.69) is 15.1 Å². The normalized spacial score (nSPS) is 13.9. The molecular weight excluding hydrogens is 379 g/mol. The van der Waals surface area contributed by atoms with E-state index in [0.29, 0.717) is 0 Å². The van der Waals surface area contributed by atoms with Crippen LogP contribution in [-0.2, 0) is 38.0 Å². The fourth-order valence-electron chi connectivity index (χ4n) is 2.96. The summed E-state index contributed by atoms with van der Waals surface area (Å²) in [6, 6.07) is 3.96. The van der Waals surface area contributed by atoms with E-state index in [4.69, 9.17) is 14.3 Å². The molecule has 150 valence electrons. The molecule has 0 spiro atoms. The van der Waals surface area contributed by atoms with E-state index < -0.39 is 12.1 Å². The van der Waals surface area contributed by atoms with Gasteiger partial charge in [0.15, 0.2) is 0 Å². The smallest absolute Gasteiger partial charge is 0.475 e. The van der Waals surface area contributed by atoms with Crippen LogP contribution in [0.1, 0.15) is 22.5 Å². The summed E-state index contributed by atoms with van der Waals surface area (Å²) in [5.41, 5.74) is 4.98. The fourth-order valence-corrected chi connectivity index (χ4v) is 2.96. The Hall–Kier alpha value is -3.08. The Morgan fingerprint density at radius 1 is 1.32 bits per heavy atom. The molecule has 0 saturated carbocycles. The number of aliphatic carboxylic acids is 1. The molecule has 0 fully saturated rings. The first-order valence-corrected chi connectivity index (χ1v) is 8.28. The Morgan fingerprint density at radius 3 is 2.64 bits per heavy atom. The van der Waals surface area contributed by atoms with Gasteiger partial charge < -0.3 is 9.52 Å². The number of carbonyl (C=O) groups is 1. The number of aromatic nitrogens is 4. The number of carboxylic acids is 1. The molecule has 0 saturated heterocycles. The Morgan fingerprint density at radius 2 is 2.07 bits per heavy atom. The Labute approximate surface area is 157 Å². The molecule has 3 aromatic heterocycles. The number of nitrogens with zero attached hydrogens (tertiary/aromatic N) is 5. The lowest BCUT2D eigenvalue weighted by Crippen LogP contribution is -2.21. The van der Waals surface area contributed by atoms with E-state index >= 15 is 0 Å². The third-order valence-corrected chi connectivity index (χ3v) is 4.21. The van der Waals surface area contributed by atoms with Crippen LogP contribution in [0.4, 0.5) is 13.2 Å². The number of carboxylic acid groups (broad SMARTS) is 1. The number of hydrogen-bond acceptors (Lipinski definition) is 5. The summed E-state index contributed by atoms with van der Waals surface area (Å²) < 4.78 is 40.8. The summed E-state index contributed by atoms with van der Waals surface area (Å²) >= 11 is 0. The first-order chi connectivity index (χ1) is 13.2. The molecule has 0 radical (unpaired) electrons. The Bertz CT molecular complexity index is 917. The van der Waals surface area contributed by atoms with Crippen molar-refractivity contribution >= 4 is 5.97 Å². The van der Waals surface area contributed by atoms with Crippen LogP contribution in [0.5, 0.6) is 0 Å². The monoisotopic (exact) mass is 397 g/mol. The van der Waals surface area contributed by atoms with Crippen LogP contribution in [0, 0.1) is 0 Å². The van der Waals surface area contributed by atoms with Crippen LogP contribution < -0.4 is 0 Å². The molecule has 1 aliphatic heterocycles. The molecule has 0 aromatic carbocycles. The highest BCUT2D eigenvalue weighted by atomic mass is 19.4. The SMILES string of the molecule is Cn1nc(Cn2cccn2)c2c1CN(Cc1ccoc1)C2.O=C(O)C(F)(F)F. The van der Waals surface area contributed by atoms with Gasteiger partial charge in [0.25, 0.3) is 0 Å². The van der Waals surface area contributed by atoms with Gasteiger partial charge in [0, 0.05) is 50.2 Å². The van der Waals surface area contributed by atoms with Crippen LogP contribution in [0.15, 0.2) is 41.5 Å². The zero-order valence-electron chi connectivity index (χ0n) is 14.9. The van der Waals surface area contributed by atoms with Gasteiger partial charge in [0.2, 0.25) is 0 Å². The minimum atomic E-state index is -5.08. The second-order valence-corrected chi connectivity index (χ2v) is 6.28. The summed E-state index contributed by atoms with van der Waals surface area (Å²) in [4.78, 5) is 11.3. The second-order valence-electron chi connectivity index (χ2n) is 6.28. The molecule has 1 N–H and O–H groups in total. The standard InChI is InChI=1S/C15H17N5O.C2HF3O2/c1-18-15-10-19(7-12-3-6-21-11-12)8-13(15)14(17-18)9-20-5-2-4-16-20;3-2(4,5)1(6)7/h2-6,11H,7-10H2,1H3;(H,6,7). The van der Waals surface area contributed by atoms with Gasteiger partial charge >= 0.3 is 12.1 Å². The molecule has 0 aliphatic carbocycles. The number of fused-ring (bicyclic) bond motifs is 1. The Kier molecular flexibility index (Phi) is 5.54. The molecular formula is C17H18F3N5O3. The highest BCUT2D eigenvalue weighted by Gasteiger charge is 2.38. The van der Waals surface area contributed by atoms with E-state index in [1.165, 1.54) is 16.8 Å². The molecule has 0 unspecified atom stereocenters. The van der Waals surface area contributed by atoms with E-state index in [-0.39, 0.29) is 0 Å². The summed E-state index contributed by atoms with van der Waals surface area (Å²) in [5.74, 6) is -2.76. The molecule has 28 heavy (non-hydrogen) atoms. The summed E-state index contributed by atoms with van der Waals surface area (Å²) in [6.07, 6.45) is 2.22. The lowest BCUT2D eigenvalue weighted by Gasteiger charge is -2.14. The van der Waals surface area contributed by atoms with Gasteiger partial charge in [0.1, 0.15) is 0 Å². The zero-order valence-corrected chi connectivity index (χ0v) is 14.9. The van der Waals surface area contributed by atoms with E-state index in [9.17, 15) is 13.2 Å². The second kappa shape index (κ2) is 7.89. The van der Waals surface area contributed by atoms with Crippen molar-refractivity contribution in [2.45, 2.75) is 32.4 Å². The van der Waals surface area contributed by atoms with Crippen molar-refractivity contribution in [3.8, 4) is 0 Å². The summed E-state index contributed by atoms with van der Waals surface area (Å²) in [6.45, 7) is 3.51. The predicted molar refractivity (Wildman–Crippen MR) is 89.9 cm³/mol. The molecule has 4 rings (SSSR count). The van der Waals surface area contributed by atoms with Crippen molar-refractivity contribution in [1.82, 2.24) is 24.5 Å². The van der Waals surface area contributed by atoms with Gasteiger partial charge in [-0.2, -0.15) is 23.4 Å². The van der Waals surface area contributed by atoms with Crippen molar-refractivity contribution in [1.29, 1.82) is 0 Å². The van der Waals surface area contributed by atoms with Gasteiger partial charge in [-0.05, 0) is 12.1 Å². The van der Waals surface area contributed by atoms with Crippen molar-refractivity contribution in [2.24, 2.45) is 7.05 Å². The molecule has 0 bridgehead atoms. The largest absolute Gasteiger partial charge is 0.490 e. The molecule has 0 atom stereocenters. The van der Waals surface area contributed by atoms with Crippen molar-refractivity contribution < 1.29 is 27.5 Å². The van der Waals surface area contributed by atoms with Gasteiger partial charge in [-0.25, -0.2) is 4.79 Å². The van der Waals surface area contributed by atoms with Crippen LogP contribution in [0.3, 0.4) is 0 Å². The van der Waals surface area contributed by atoms with Crippen molar-refractivity contribution in [3.63, 3.8) is 0 Å². The summed E-state index contributed by atoms with van der Waals surface area (Å²) in [5, 5.41) is 16.0. The summed E-state index contributed by atoms with van der Waals surface area (Å²) in [7, 11) is 2.02. The van der Waals surface area contributed by atoms with Gasteiger partial charge in [-0.15, -0.1) is 0 Å². The highest BCUT2D eigenvalue weighted by molar-refractivity contribution is 5.73. The lowest BCUT2D eigenvalue weighted by atomic mass is 10.2. The number of hydrogen-bond donors (Lipinski definition) is 1. The van der Waals surface area contributed by atoms with Gasteiger partial charge in [-0.3, -0.25) is 14.3 Å². The number of rotatable bonds is 4. The number of aryl methyl sites for hydroxylation is 1. The number of alkyl halides is 3. The average molecular weight is 397 g/mol. The van der Waals surface area contributed by atoms with Crippen LogP contribution in [0.2, 0.25) is 0 Å². The third kappa shape index (κ3) is 4.60. The zero-order chi connectivity index (χ0) is 20.3. The fraction of sp³-hybridized carbons (Fsp3) is 0.353. The molecule has 8 nitrogen and oxygen atoms in total. The average Bonchev–Trinajstić information content (AvgIpc) is 3.37. The van der Waals surface area contributed by atoms with Crippen LogP contribution in [-0.4, -0.2) is 41.7 Å². The lowest BCUT2D eigenvalue weighted by molar-refractivity contribution is -0.192.